The van der Waals surface area contributed by atoms with E-state index in [0.717, 1.165) is 6.07 Å². The average Bonchev–Trinajstić information content (AvgIpc) is 2.24. The van der Waals surface area contributed by atoms with E-state index in [1.165, 1.54) is 0 Å². The van der Waals surface area contributed by atoms with Gasteiger partial charge in [0.25, 0.3) is 0 Å². The Bertz CT molecular complexity index is 579. The number of benzene rings is 2. The van der Waals surface area contributed by atoms with E-state index < -0.39 is 17.5 Å². The highest BCUT2D eigenvalue weighted by molar-refractivity contribution is 5.70. The lowest BCUT2D eigenvalue weighted by atomic mass is 9.99. The molecule has 0 unspecified atom stereocenters. The van der Waals surface area contributed by atoms with Crippen LogP contribution in [0.5, 0.6) is 0 Å². The van der Waals surface area contributed by atoms with E-state index in [4.69, 9.17) is 5.73 Å². The molecule has 0 heterocycles. The zero-order valence-corrected chi connectivity index (χ0v) is 9.10. The Morgan fingerprint density at radius 2 is 1.47 bits per heavy atom. The lowest BCUT2D eigenvalue weighted by molar-refractivity contribution is 0.496. The van der Waals surface area contributed by atoms with Gasteiger partial charge in [-0.2, -0.15) is 0 Å². The van der Waals surface area contributed by atoms with E-state index >= 15 is 0 Å². The molecule has 2 aromatic rings. The van der Waals surface area contributed by atoms with Crippen molar-refractivity contribution in [2.24, 2.45) is 0 Å². The fraction of sp³-hybridized carbons (Fsp3) is 0.0769. The van der Waals surface area contributed by atoms with Crippen molar-refractivity contribution in [2.45, 2.75) is 6.92 Å². The molecule has 17 heavy (non-hydrogen) atoms. The standard InChI is InChI=1S/C13H10F3N/c1-7-4-8(17)2-3-9(7)10-5-12(15)13(16)6-11(10)14/h2-6H,17H2,1H3. The summed E-state index contributed by atoms with van der Waals surface area (Å²) in [6.07, 6.45) is 0. The minimum Gasteiger partial charge on any atom is -0.399 e. The molecule has 0 saturated heterocycles. The van der Waals surface area contributed by atoms with Crippen LogP contribution in [0.1, 0.15) is 5.56 Å². The summed E-state index contributed by atoms with van der Waals surface area (Å²) in [5.74, 6) is -3.06. The van der Waals surface area contributed by atoms with Crippen LogP contribution in [0, 0.1) is 24.4 Å². The molecule has 0 aliphatic heterocycles. The summed E-state index contributed by atoms with van der Waals surface area (Å²) in [5.41, 5.74) is 7.33. The number of aryl methyl sites for hydroxylation is 1. The number of nitrogen functional groups attached to an aromatic ring is 1. The molecule has 0 saturated carbocycles. The molecule has 0 atom stereocenters. The molecule has 4 heteroatoms. The van der Waals surface area contributed by atoms with Gasteiger partial charge in [0.05, 0.1) is 0 Å². The van der Waals surface area contributed by atoms with Gasteiger partial charge in [-0.3, -0.25) is 0 Å². The van der Waals surface area contributed by atoms with Crippen LogP contribution in [0.3, 0.4) is 0 Å². The second-order valence-corrected chi connectivity index (χ2v) is 3.82. The first-order valence-corrected chi connectivity index (χ1v) is 5.00. The fourth-order valence-corrected chi connectivity index (χ4v) is 1.72. The molecular formula is C13H10F3N. The number of anilines is 1. The molecule has 2 N–H and O–H groups in total. The van der Waals surface area contributed by atoms with Crippen LogP contribution in [-0.2, 0) is 0 Å². The summed E-state index contributed by atoms with van der Waals surface area (Å²) < 4.78 is 39.5. The summed E-state index contributed by atoms with van der Waals surface area (Å²) >= 11 is 0. The number of hydrogen-bond donors (Lipinski definition) is 1. The second-order valence-electron chi connectivity index (χ2n) is 3.82. The maximum atomic E-state index is 13.6. The molecule has 0 aromatic heterocycles. The van der Waals surface area contributed by atoms with Gasteiger partial charge in [-0.05, 0) is 36.2 Å². The Labute approximate surface area is 96.7 Å². The van der Waals surface area contributed by atoms with Gasteiger partial charge >= 0.3 is 0 Å². The largest absolute Gasteiger partial charge is 0.399 e. The van der Waals surface area contributed by atoms with Crippen LogP contribution >= 0.6 is 0 Å². The van der Waals surface area contributed by atoms with Crippen molar-refractivity contribution < 1.29 is 13.2 Å². The fourth-order valence-electron chi connectivity index (χ4n) is 1.72. The smallest absolute Gasteiger partial charge is 0.161 e. The predicted molar refractivity (Wildman–Crippen MR) is 60.9 cm³/mol. The number of hydrogen-bond acceptors (Lipinski definition) is 1. The highest BCUT2D eigenvalue weighted by Crippen LogP contribution is 2.28. The molecule has 0 aliphatic carbocycles. The number of nitrogens with two attached hydrogens (primary N) is 1. The van der Waals surface area contributed by atoms with Crippen molar-refractivity contribution in [3.63, 3.8) is 0 Å². The third-order valence-electron chi connectivity index (χ3n) is 2.55. The SMILES string of the molecule is Cc1cc(N)ccc1-c1cc(F)c(F)cc1F. The third-order valence-corrected chi connectivity index (χ3v) is 2.55. The van der Waals surface area contributed by atoms with E-state index in [1.807, 2.05) is 0 Å². The first-order chi connectivity index (χ1) is 7.99. The highest BCUT2D eigenvalue weighted by atomic mass is 19.2. The summed E-state index contributed by atoms with van der Waals surface area (Å²) in [5, 5.41) is 0. The van der Waals surface area contributed by atoms with Crippen molar-refractivity contribution >= 4 is 5.69 Å². The summed E-state index contributed by atoms with van der Waals surface area (Å²) in [4.78, 5) is 0. The maximum Gasteiger partial charge on any atom is 0.161 e. The first kappa shape index (κ1) is 11.5. The average molecular weight is 237 g/mol. The molecule has 0 aliphatic rings. The van der Waals surface area contributed by atoms with Gasteiger partial charge in [-0.1, -0.05) is 6.07 Å². The van der Waals surface area contributed by atoms with Gasteiger partial charge in [0.2, 0.25) is 0 Å². The summed E-state index contributed by atoms with van der Waals surface area (Å²) in [6, 6.07) is 6.21. The molecule has 0 amide bonds. The maximum absolute atomic E-state index is 13.6. The van der Waals surface area contributed by atoms with Crippen LogP contribution in [0.4, 0.5) is 18.9 Å². The van der Waals surface area contributed by atoms with E-state index in [9.17, 15) is 13.2 Å². The van der Waals surface area contributed by atoms with Crippen molar-refractivity contribution in [2.75, 3.05) is 5.73 Å². The molecule has 2 aromatic carbocycles. The van der Waals surface area contributed by atoms with Gasteiger partial charge < -0.3 is 5.73 Å². The van der Waals surface area contributed by atoms with Crippen molar-refractivity contribution in [3.05, 3.63) is 53.3 Å². The van der Waals surface area contributed by atoms with Crippen molar-refractivity contribution in [3.8, 4) is 11.1 Å². The molecule has 0 radical (unpaired) electrons. The van der Waals surface area contributed by atoms with Gasteiger partial charge in [0.15, 0.2) is 11.6 Å². The molecule has 88 valence electrons. The monoisotopic (exact) mass is 237 g/mol. The minimum atomic E-state index is -1.20. The minimum absolute atomic E-state index is 0.0291. The molecule has 2 rings (SSSR count). The van der Waals surface area contributed by atoms with Gasteiger partial charge in [0.1, 0.15) is 5.82 Å². The first-order valence-electron chi connectivity index (χ1n) is 5.00. The Morgan fingerprint density at radius 1 is 0.824 bits per heavy atom. The van der Waals surface area contributed by atoms with Crippen molar-refractivity contribution in [1.29, 1.82) is 0 Å². The molecular weight excluding hydrogens is 227 g/mol. The second kappa shape index (κ2) is 4.13. The lowest BCUT2D eigenvalue weighted by Gasteiger charge is -2.08. The Kier molecular flexibility index (Phi) is 2.79. The zero-order chi connectivity index (χ0) is 12.6. The number of rotatable bonds is 1. The lowest BCUT2D eigenvalue weighted by Crippen LogP contribution is -1.94. The van der Waals surface area contributed by atoms with E-state index in [-0.39, 0.29) is 5.56 Å². The van der Waals surface area contributed by atoms with Crippen LogP contribution in [0.25, 0.3) is 11.1 Å². The van der Waals surface area contributed by atoms with Gasteiger partial charge in [-0.15, -0.1) is 0 Å². The van der Waals surface area contributed by atoms with Crippen LogP contribution in [0.2, 0.25) is 0 Å². The topological polar surface area (TPSA) is 26.0 Å². The Hall–Kier alpha value is -1.97. The van der Waals surface area contributed by atoms with Crippen molar-refractivity contribution in [1.82, 2.24) is 0 Å². The van der Waals surface area contributed by atoms with E-state index in [0.29, 0.717) is 22.9 Å². The van der Waals surface area contributed by atoms with Crippen LogP contribution in [0.15, 0.2) is 30.3 Å². The van der Waals surface area contributed by atoms with Gasteiger partial charge in [0, 0.05) is 17.3 Å². The van der Waals surface area contributed by atoms with Crippen LogP contribution < -0.4 is 5.73 Å². The van der Waals surface area contributed by atoms with Crippen LogP contribution in [-0.4, -0.2) is 0 Å². The molecule has 0 bridgehead atoms. The summed E-state index contributed by atoms with van der Waals surface area (Å²) in [6.45, 7) is 1.73. The zero-order valence-electron chi connectivity index (χ0n) is 9.10. The Balaban J connectivity index is 2.64. The molecule has 0 spiro atoms. The predicted octanol–water partition coefficient (Wildman–Crippen LogP) is 3.66. The third kappa shape index (κ3) is 2.11. The summed E-state index contributed by atoms with van der Waals surface area (Å²) in [7, 11) is 0. The number of halogens is 3. The van der Waals surface area contributed by atoms with E-state index in [2.05, 4.69) is 0 Å². The normalized spacial score (nSPS) is 10.6. The molecule has 0 fully saturated rings. The van der Waals surface area contributed by atoms with E-state index in [1.54, 1.807) is 25.1 Å². The Morgan fingerprint density at radius 3 is 2.12 bits per heavy atom. The highest BCUT2D eigenvalue weighted by Gasteiger charge is 2.13. The van der Waals surface area contributed by atoms with Gasteiger partial charge in [-0.25, -0.2) is 13.2 Å². The quantitative estimate of drug-likeness (QED) is 0.594. The molecule has 1 nitrogen and oxygen atoms in total.